The molecule has 0 atom stereocenters. The Labute approximate surface area is 171 Å². The van der Waals surface area contributed by atoms with Crippen molar-refractivity contribution in [3.8, 4) is 28.7 Å². The van der Waals surface area contributed by atoms with Crippen LogP contribution >= 0.6 is 0 Å². The molecule has 2 aromatic heterocycles. The van der Waals surface area contributed by atoms with E-state index < -0.39 is 0 Å². The number of hydrogen-bond acceptors (Lipinski definition) is 8. The molecule has 9 nitrogen and oxygen atoms in total. The van der Waals surface area contributed by atoms with Crippen molar-refractivity contribution in [1.82, 2.24) is 19.7 Å². The maximum Gasteiger partial charge on any atom is 0.272 e. The summed E-state index contributed by atoms with van der Waals surface area (Å²) < 4.78 is 23.5. The van der Waals surface area contributed by atoms with Gasteiger partial charge in [-0.15, -0.1) is 10.2 Å². The predicted octanol–water partition coefficient (Wildman–Crippen LogP) is 2.83. The molecule has 0 saturated carbocycles. The molecule has 0 bridgehead atoms. The van der Waals surface area contributed by atoms with Gasteiger partial charge in [-0.05, 0) is 31.2 Å². The number of para-hydroxylation sites is 2. The van der Waals surface area contributed by atoms with Crippen molar-refractivity contribution in [2.75, 3.05) is 21.3 Å². The van der Waals surface area contributed by atoms with Crippen LogP contribution in [-0.2, 0) is 6.54 Å². The lowest BCUT2D eigenvalue weighted by atomic mass is 10.2. The van der Waals surface area contributed by atoms with Crippen molar-refractivity contribution in [1.29, 1.82) is 0 Å². The SMILES string of the molecule is COc1cc(-c2nnc(Cn3c(=O)c(C)nc4ccccc43)o2)cc(OC)c1OC. The van der Waals surface area contributed by atoms with Crippen LogP contribution in [0.25, 0.3) is 22.5 Å². The fourth-order valence-electron chi connectivity index (χ4n) is 3.25. The highest BCUT2D eigenvalue weighted by atomic mass is 16.5. The quantitative estimate of drug-likeness (QED) is 0.480. The summed E-state index contributed by atoms with van der Waals surface area (Å²) >= 11 is 0. The average molecular weight is 408 g/mol. The van der Waals surface area contributed by atoms with E-state index in [4.69, 9.17) is 18.6 Å². The van der Waals surface area contributed by atoms with Gasteiger partial charge >= 0.3 is 0 Å². The third-order valence-corrected chi connectivity index (χ3v) is 4.69. The van der Waals surface area contributed by atoms with Gasteiger partial charge in [-0.1, -0.05) is 12.1 Å². The van der Waals surface area contributed by atoms with Gasteiger partial charge in [-0.25, -0.2) is 4.98 Å². The second-order valence-corrected chi connectivity index (χ2v) is 6.49. The Morgan fingerprint density at radius 1 is 1.00 bits per heavy atom. The van der Waals surface area contributed by atoms with Crippen LogP contribution in [0.15, 0.2) is 45.6 Å². The molecule has 30 heavy (non-hydrogen) atoms. The third-order valence-electron chi connectivity index (χ3n) is 4.69. The average Bonchev–Trinajstić information content (AvgIpc) is 3.24. The Morgan fingerprint density at radius 3 is 2.37 bits per heavy atom. The summed E-state index contributed by atoms with van der Waals surface area (Å²) in [6, 6.07) is 10.9. The van der Waals surface area contributed by atoms with Gasteiger partial charge < -0.3 is 18.6 Å². The zero-order valence-corrected chi connectivity index (χ0v) is 17.0. The number of ether oxygens (including phenoxy) is 3. The van der Waals surface area contributed by atoms with E-state index in [9.17, 15) is 4.79 Å². The molecule has 0 aliphatic heterocycles. The van der Waals surface area contributed by atoms with Crippen LogP contribution in [0, 0.1) is 6.92 Å². The van der Waals surface area contributed by atoms with Crippen LogP contribution in [-0.4, -0.2) is 41.1 Å². The maximum absolute atomic E-state index is 12.7. The molecular weight excluding hydrogens is 388 g/mol. The summed E-state index contributed by atoms with van der Waals surface area (Å²) in [5.41, 5.74) is 2.21. The third kappa shape index (κ3) is 3.34. The van der Waals surface area contributed by atoms with Gasteiger partial charge in [0, 0.05) is 5.56 Å². The number of nitrogens with zero attached hydrogens (tertiary/aromatic N) is 4. The predicted molar refractivity (Wildman–Crippen MR) is 109 cm³/mol. The topological polar surface area (TPSA) is 102 Å². The van der Waals surface area contributed by atoms with Crippen molar-refractivity contribution in [3.63, 3.8) is 0 Å². The Balaban J connectivity index is 1.74. The van der Waals surface area contributed by atoms with Crippen molar-refractivity contribution in [2.24, 2.45) is 0 Å². The lowest BCUT2D eigenvalue weighted by Crippen LogP contribution is -2.24. The van der Waals surface area contributed by atoms with E-state index in [2.05, 4.69) is 15.2 Å². The van der Waals surface area contributed by atoms with Gasteiger partial charge in [-0.3, -0.25) is 9.36 Å². The highest BCUT2D eigenvalue weighted by Crippen LogP contribution is 2.40. The monoisotopic (exact) mass is 408 g/mol. The lowest BCUT2D eigenvalue weighted by molar-refractivity contribution is 0.324. The van der Waals surface area contributed by atoms with Gasteiger partial charge in [-0.2, -0.15) is 0 Å². The molecule has 0 aliphatic carbocycles. The number of fused-ring (bicyclic) bond motifs is 1. The van der Waals surface area contributed by atoms with Crippen LogP contribution in [0.3, 0.4) is 0 Å². The Morgan fingerprint density at radius 2 is 1.70 bits per heavy atom. The van der Waals surface area contributed by atoms with Crippen molar-refractivity contribution in [2.45, 2.75) is 13.5 Å². The summed E-state index contributed by atoms with van der Waals surface area (Å²) in [6.07, 6.45) is 0. The molecule has 0 N–H and O–H groups in total. The Bertz CT molecular complexity index is 1250. The van der Waals surface area contributed by atoms with E-state index in [1.807, 2.05) is 24.3 Å². The smallest absolute Gasteiger partial charge is 0.272 e. The number of methoxy groups -OCH3 is 3. The molecule has 9 heteroatoms. The second-order valence-electron chi connectivity index (χ2n) is 6.49. The van der Waals surface area contributed by atoms with E-state index >= 15 is 0 Å². The highest BCUT2D eigenvalue weighted by Gasteiger charge is 2.18. The van der Waals surface area contributed by atoms with Crippen LogP contribution < -0.4 is 19.8 Å². The number of rotatable bonds is 6. The molecular formula is C21H20N4O5. The van der Waals surface area contributed by atoms with E-state index in [0.717, 1.165) is 5.52 Å². The van der Waals surface area contributed by atoms with Crippen molar-refractivity contribution >= 4 is 11.0 Å². The first kappa shape index (κ1) is 19.4. The molecule has 154 valence electrons. The fourth-order valence-corrected chi connectivity index (χ4v) is 3.25. The standard InChI is InChI=1S/C21H20N4O5/c1-12-21(26)25(15-8-6-5-7-14(15)22-12)11-18-23-24-20(30-18)13-9-16(27-2)19(29-4)17(10-13)28-3/h5-10H,11H2,1-4H3. The van der Waals surface area contributed by atoms with Crippen LogP contribution in [0.1, 0.15) is 11.6 Å². The van der Waals surface area contributed by atoms with Crippen molar-refractivity contribution in [3.05, 3.63) is 58.3 Å². The summed E-state index contributed by atoms with van der Waals surface area (Å²) in [5, 5.41) is 8.23. The summed E-state index contributed by atoms with van der Waals surface area (Å²) in [4.78, 5) is 17.0. The van der Waals surface area contributed by atoms with E-state index in [1.54, 1.807) is 23.6 Å². The van der Waals surface area contributed by atoms with Gasteiger partial charge in [0.2, 0.25) is 17.5 Å². The summed E-state index contributed by atoms with van der Waals surface area (Å²) in [5.74, 6) is 1.97. The highest BCUT2D eigenvalue weighted by molar-refractivity contribution is 5.74. The number of aromatic nitrogens is 4. The van der Waals surface area contributed by atoms with Gasteiger partial charge in [0.15, 0.2) is 11.5 Å². The fraction of sp³-hybridized carbons (Fsp3) is 0.238. The van der Waals surface area contributed by atoms with Gasteiger partial charge in [0.1, 0.15) is 12.2 Å². The summed E-state index contributed by atoms with van der Waals surface area (Å²) in [6.45, 7) is 1.81. The second kappa shape index (κ2) is 7.86. The molecule has 0 radical (unpaired) electrons. The zero-order valence-electron chi connectivity index (χ0n) is 17.0. The minimum atomic E-state index is -0.207. The Kier molecular flexibility index (Phi) is 5.09. The minimum Gasteiger partial charge on any atom is -0.493 e. The zero-order chi connectivity index (χ0) is 21.3. The molecule has 0 amide bonds. The first-order valence-corrected chi connectivity index (χ1v) is 9.14. The molecule has 2 aromatic carbocycles. The molecule has 4 aromatic rings. The van der Waals surface area contributed by atoms with E-state index in [0.29, 0.717) is 34.0 Å². The molecule has 4 rings (SSSR count). The largest absolute Gasteiger partial charge is 0.493 e. The van der Waals surface area contributed by atoms with Crippen LogP contribution in [0.2, 0.25) is 0 Å². The van der Waals surface area contributed by atoms with Gasteiger partial charge in [0.25, 0.3) is 5.56 Å². The van der Waals surface area contributed by atoms with Gasteiger partial charge in [0.05, 0.1) is 32.4 Å². The minimum absolute atomic E-state index is 0.125. The molecule has 0 saturated heterocycles. The molecule has 0 spiro atoms. The first-order valence-electron chi connectivity index (χ1n) is 9.14. The van der Waals surface area contributed by atoms with E-state index in [-0.39, 0.29) is 23.9 Å². The van der Waals surface area contributed by atoms with E-state index in [1.165, 1.54) is 21.3 Å². The molecule has 2 heterocycles. The van der Waals surface area contributed by atoms with Crippen LogP contribution in [0.5, 0.6) is 17.2 Å². The number of hydrogen-bond donors (Lipinski definition) is 0. The lowest BCUT2D eigenvalue weighted by Gasteiger charge is -2.12. The van der Waals surface area contributed by atoms with Crippen molar-refractivity contribution < 1.29 is 18.6 Å². The Hall–Kier alpha value is -3.88. The first-order chi connectivity index (χ1) is 14.5. The molecule has 0 fully saturated rings. The maximum atomic E-state index is 12.7. The number of benzene rings is 2. The summed E-state index contributed by atoms with van der Waals surface area (Å²) in [7, 11) is 4.59. The normalized spacial score (nSPS) is 10.9. The molecule has 0 aliphatic rings. The molecule has 0 unspecified atom stereocenters. The number of aryl methyl sites for hydroxylation is 1. The van der Waals surface area contributed by atoms with Crippen LogP contribution in [0.4, 0.5) is 0 Å².